The second-order valence-electron chi connectivity index (χ2n) is 8.31. The van der Waals surface area contributed by atoms with Crippen molar-refractivity contribution in [1.29, 1.82) is 0 Å². The van der Waals surface area contributed by atoms with Crippen LogP contribution in [0, 0.1) is 0 Å². The lowest BCUT2D eigenvalue weighted by Gasteiger charge is -2.14. The lowest BCUT2D eigenvalue weighted by atomic mass is 10.1. The van der Waals surface area contributed by atoms with E-state index in [0.29, 0.717) is 32.3 Å². The molecule has 0 fully saturated rings. The van der Waals surface area contributed by atoms with Crippen LogP contribution in [0.25, 0.3) is 0 Å². The number of aliphatic imine (C=N–C) groups is 1. The molecular weight excluding hydrogens is 416 g/mol. The third-order valence-electron chi connectivity index (χ3n) is 5.20. The third kappa shape index (κ3) is 7.02. The van der Waals surface area contributed by atoms with E-state index in [1.54, 1.807) is 6.26 Å². The molecule has 0 saturated heterocycles. The number of guanidine groups is 1. The maximum absolute atomic E-state index is 5.83. The van der Waals surface area contributed by atoms with E-state index in [4.69, 9.17) is 18.9 Å². The van der Waals surface area contributed by atoms with Gasteiger partial charge in [0.15, 0.2) is 17.5 Å². The number of anilines is 1. The zero-order chi connectivity index (χ0) is 22.9. The molecule has 0 amide bonds. The van der Waals surface area contributed by atoms with E-state index >= 15 is 0 Å². The number of rotatable bonds is 8. The van der Waals surface area contributed by atoms with Gasteiger partial charge in [-0.2, -0.15) is 0 Å². The molecule has 0 atom stereocenters. The van der Waals surface area contributed by atoms with Gasteiger partial charge < -0.3 is 29.4 Å². The van der Waals surface area contributed by atoms with Crippen molar-refractivity contribution in [1.82, 2.24) is 10.2 Å². The van der Waals surface area contributed by atoms with Crippen molar-refractivity contribution in [3.8, 4) is 11.5 Å². The number of nitrogens with zero attached hydrogens (tertiary/aromatic N) is 2. The Hall–Kier alpha value is -3.45. The first-order chi connectivity index (χ1) is 16.2. The maximum atomic E-state index is 5.83. The summed E-state index contributed by atoms with van der Waals surface area (Å²) in [6, 6.07) is 18.3. The molecule has 2 aromatic carbocycles. The average Bonchev–Trinajstić information content (AvgIpc) is 3.21. The minimum atomic E-state index is 0.572. The van der Waals surface area contributed by atoms with Crippen LogP contribution in [-0.2, 0) is 19.5 Å². The zero-order valence-corrected chi connectivity index (χ0v) is 19.3. The van der Waals surface area contributed by atoms with Gasteiger partial charge in [0.05, 0.1) is 26.0 Å². The number of hydrogen-bond acceptors (Lipinski definition) is 5. The molecule has 7 heteroatoms. The smallest absolute Gasteiger partial charge is 0.196 e. The van der Waals surface area contributed by atoms with Crippen LogP contribution in [0.15, 0.2) is 70.3 Å². The minimum absolute atomic E-state index is 0.572. The average molecular weight is 449 g/mol. The van der Waals surface area contributed by atoms with E-state index in [0.717, 1.165) is 47.9 Å². The van der Waals surface area contributed by atoms with Crippen LogP contribution in [0.5, 0.6) is 11.5 Å². The molecule has 0 spiro atoms. The molecule has 174 valence electrons. The van der Waals surface area contributed by atoms with E-state index in [9.17, 15) is 0 Å². The second-order valence-corrected chi connectivity index (χ2v) is 8.31. The lowest BCUT2D eigenvalue weighted by Crippen LogP contribution is -2.32. The first-order valence-corrected chi connectivity index (χ1v) is 11.4. The summed E-state index contributed by atoms with van der Waals surface area (Å²) in [4.78, 5) is 6.97. The van der Waals surface area contributed by atoms with Crippen molar-refractivity contribution in [2.75, 3.05) is 39.2 Å². The summed E-state index contributed by atoms with van der Waals surface area (Å²) < 4.78 is 17.0. The van der Waals surface area contributed by atoms with E-state index in [1.807, 2.05) is 30.3 Å². The Kier molecular flexibility index (Phi) is 7.87. The molecule has 0 bridgehead atoms. The molecule has 0 unspecified atom stereocenters. The Morgan fingerprint density at radius 1 is 0.970 bits per heavy atom. The highest BCUT2D eigenvalue weighted by Crippen LogP contribution is 2.32. The molecule has 2 heterocycles. The standard InChI is InChI=1S/C26H32N4O3/c1-30(2)19-21-8-6-20(7-9-21)18-28-26(27-13-12-23-5-3-14-31-23)29-22-10-11-24-25(17-22)33-16-4-15-32-24/h3,5-11,14,17H,4,12-13,15-16,18-19H2,1-2H3,(H2,27,28,29). The summed E-state index contributed by atoms with van der Waals surface area (Å²) >= 11 is 0. The first kappa shape index (κ1) is 22.7. The fourth-order valence-electron chi connectivity index (χ4n) is 3.56. The molecule has 0 radical (unpaired) electrons. The van der Waals surface area contributed by atoms with E-state index in [2.05, 4.69) is 53.9 Å². The number of furan rings is 1. The van der Waals surface area contributed by atoms with Gasteiger partial charge in [0.25, 0.3) is 0 Å². The lowest BCUT2D eigenvalue weighted by molar-refractivity contribution is 0.297. The summed E-state index contributed by atoms with van der Waals surface area (Å²) in [5, 5.41) is 6.81. The van der Waals surface area contributed by atoms with Gasteiger partial charge in [0.1, 0.15) is 5.76 Å². The van der Waals surface area contributed by atoms with Crippen LogP contribution in [0.4, 0.5) is 5.69 Å². The fourth-order valence-corrected chi connectivity index (χ4v) is 3.56. The SMILES string of the molecule is CN(C)Cc1ccc(CN=C(NCCc2ccco2)Nc2ccc3c(c2)OCCCO3)cc1. The number of ether oxygens (including phenoxy) is 2. The highest BCUT2D eigenvalue weighted by molar-refractivity contribution is 5.94. The van der Waals surface area contributed by atoms with Crippen molar-refractivity contribution in [2.24, 2.45) is 4.99 Å². The van der Waals surface area contributed by atoms with Crippen molar-refractivity contribution < 1.29 is 13.9 Å². The molecule has 1 aliphatic heterocycles. The number of nitrogens with one attached hydrogen (secondary N) is 2. The predicted octanol–water partition coefficient (Wildman–Crippen LogP) is 4.30. The van der Waals surface area contributed by atoms with Crippen LogP contribution in [-0.4, -0.2) is 44.7 Å². The van der Waals surface area contributed by atoms with Gasteiger partial charge in [0.2, 0.25) is 0 Å². The fraction of sp³-hybridized carbons (Fsp3) is 0.346. The normalized spacial score (nSPS) is 13.6. The monoisotopic (exact) mass is 448 g/mol. The third-order valence-corrected chi connectivity index (χ3v) is 5.20. The molecule has 0 saturated carbocycles. The molecule has 4 rings (SSSR count). The summed E-state index contributed by atoms with van der Waals surface area (Å²) in [6.45, 7) is 3.53. The van der Waals surface area contributed by atoms with Gasteiger partial charge in [-0.3, -0.25) is 0 Å². The summed E-state index contributed by atoms with van der Waals surface area (Å²) in [5.41, 5.74) is 3.34. The van der Waals surface area contributed by atoms with Gasteiger partial charge in [-0.1, -0.05) is 24.3 Å². The zero-order valence-electron chi connectivity index (χ0n) is 19.3. The van der Waals surface area contributed by atoms with Gasteiger partial charge in [-0.15, -0.1) is 0 Å². The highest BCUT2D eigenvalue weighted by Gasteiger charge is 2.11. The van der Waals surface area contributed by atoms with Crippen LogP contribution >= 0.6 is 0 Å². The molecule has 1 aliphatic rings. The largest absolute Gasteiger partial charge is 0.490 e. The van der Waals surface area contributed by atoms with Crippen molar-refractivity contribution in [3.05, 3.63) is 77.7 Å². The molecule has 3 aromatic rings. The Balaban J connectivity index is 1.44. The van der Waals surface area contributed by atoms with E-state index in [-0.39, 0.29) is 0 Å². The Morgan fingerprint density at radius 2 is 1.76 bits per heavy atom. The molecule has 0 aliphatic carbocycles. The Morgan fingerprint density at radius 3 is 2.52 bits per heavy atom. The van der Waals surface area contributed by atoms with E-state index < -0.39 is 0 Å². The van der Waals surface area contributed by atoms with Gasteiger partial charge in [-0.25, -0.2) is 4.99 Å². The topological polar surface area (TPSA) is 71.3 Å². The van der Waals surface area contributed by atoms with Gasteiger partial charge in [0, 0.05) is 37.7 Å². The summed E-state index contributed by atoms with van der Waals surface area (Å²) in [7, 11) is 4.15. The van der Waals surface area contributed by atoms with Gasteiger partial charge >= 0.3 is 0 Å². The summed E-state index contributed by atoms with van der Waals surface area (Å²) in [5.74, 6) is 3.17. The number of fused-ring (bicyclic) bond motifs is 1. The molecule has 2 N–H and O–H groups in total. The number of hydrogen-bond donors (Lipinski definition) is 2. The minimum Gasteiger partial charge on any atom is -0.490 e. The second kappa shape index (κ2) is 11.4. The van der Waals surface area contributed by atoms with Crippen molar-refractivity contribution in [3.63, 3.8) is 0 Å². The van der Waals surface area contributed by atoms with Gasteiger partial charge in [-0.05, 0) is 49.5 Å². The van der Waals surface area contributed by atoms with Crippen LogP contribution in [0.2, 0.25) is 0 Å². The summed E-state index contributed by atoms with van der Waals surface area (Å²) in [6.07, 6.45) is 3.35. The predicted molar refractivity (Wildman–Crippen MR) is 131 cm³/mol. The van der Waals surface area contributed by atoms with Crippen LogP contribution in [0.3, 0.4) is 0 Å². The number of benzene rings is 2. The van der Waals surface area contributed by atoms with E-state index in [1.165, 1.54) is 5.56 Å². The molecule has 7 nitrogen and oxygen atoms in total. The van der Waals surface area contributed by atoms with Crippen molar-refractivity contribution in [2.45, 2.75) is 25.9 Å². The molecular formula is C26H32N4O3. The molecule has 33 heavy (non-hydrogen) atoms. The van der Waals surface area contributed by atoms with Crippen LogP contribution in [0.1, 0.15) is 23.3 Å². The Labute approximate surface area is 195 Å². The highest BCUT2D eigenvalue weighted by atomic mass is 16.5. The van der Waals surface area contributed by atoms with Crippen molar-refractivity contribution >= 4 is 11.6 Å². The first-order valence-electron chi connectivity index (χ1n) is 11.4. The quantitative estimate of drug-likeness (QED) is 0.395. The van der Waals surface area contributed by atoms with Crippen LogP contribution < -0.4 is 20.1 Å². The maximum Gasteiger partial charge on any atom is 0.196 e. The molecule has 1 aromatic heterocycles. The Bertz CT molecular complexity index is 1030.